The number of benzene rings is 1. The molecule has 0 atom stereocenters. The van der Waals surface area contributed by atoms with E-state index in [-0.39, 0.29) is 24.0 Å². The lowest BCUT2D eigenvalue weighted by molar-refractivity contribution is 0.783. The Morgan fingerprint density at radius 2 is 2.00 bits per heavy atom. The van der Waals surface area contributed by atoms with Gasteiger partial charge in [-0.05, 0) is 12.0 Å². The second-order valence-corrected chi connectivity index (χ2v) is 5.57. The molecule has 2 N–H and O–H groups in total. The first-order valence-corrected chi connectivity index (χ1v) is 8.06. The Balaban J connectivity index is 0.00000196. The molecule has 0 aliphatic rings. The van der Waals surface area contributed by atoms with E-state index in [1.807, 2.05) is 24.3 Å². The molecule has 0 bridgehead atoms. The van der Waals surface area contributed by atoms with Crippen LogP contribution in [0.5, 0.6) is 0 Å². The Bertz CT molecular complexity index is 1120. The first-order valence-electron chi connectivity index (χ1n) is 8.06. The maximum atomic E-state index is 6.14. The van der Waals surface area contributed by atoms with Gasteiger partial charge < -0.3 is 10.3 Å². The minimum Gasteiger partial charge on any atom is -0.382 e. The van der Waals surface area contributed by atoms with Crippen molar-refractivity contribution in [3.63, 3.8) is 0 Å². The van der Waals surface area contributed by atoms with Gasteiger partial charge in [-0.3, -0.25) is 4.98 Å². The summed E-state index contributed by atoms with van der Waals surface area (Å²) in [6.45, 7) is 2.57. The third kappa shape index (κ3) is 3.20. The van der Waals surface area contributed by atoms with Crippen LogP contribution in [0.2, 0.25) is 0 Å². The minimum absolute atomic E-state index is 0. The molecule has 4 aromatic rings. The molecule has 0 fully saturated rings. The number of nitrogens with zero attached hydrogens (tertiary/aromatic N) is 5. The fraction of sp³-hybridized carbons (Fsp3) is 0.158. The quantitative estimate of drug-likeness (QED) is 0.370. The molecule has 3 aromatic heterocycles. The van der Waals surface area contributed by atoms with Gasteiger partial charge in [-0.25, -0.2) is 15.0 Å². The number of nitrogens with two attached hydrogens (primary N) is 1. The van der Waals surface area contributed by atoms with Crippen molar-refractivity contribution in [1.82, 2.24) is 24.5 Å². The van der Waals surface area contributed by atoms with Crippen LogP contribution in [0.4, 0.5) is 5.82 Å². The summed E-state index contributed by atoms with van der Waals surface area (Å²) in [4.78, 5) is 17.4. The molecule has 130 valence electrons. The molecular weight excluding hydrogens is 439 g/mol. The summed E-state index contributed by atoms with van der Waals surface area (Å²) in [7, 11) is 0. The van der Waals surface area contributed by atoms with E-state index in [4.69, 9.17) is 5.73 Å². The number of halogens is 1. The lowest BCUT2D eigenvalue weighted by atomic mass is 10.2. The Labute approximate surface area is 167 Å². The van der Waals surface area contributed by atoms with Crippen LogP contribution < -0.4 is 5.73 Å². The van der Waals surface area contributed by atoms with Crippen molar-refractivity contribution in [3.8, 4) is 11.8 Å². The van der Waals surface area contributed by atoms with Crippen molar-refractivity contribution in [2.45, 2.75) is 19.9 Å². The van der Waals surface area contributed by atoms with Crippen molar-refractivity contribution in [3.05, 3.63) is 54.4 Å². The molecule has 26 heavy (non-hydrogen) atoms. The van der Waals surface area contributed by atoms with Crippen molar-refractivity contribution < 1.29 is 0 Å². The summed E-state index contributed by atoms with van der Waals surface area (Å²) in [5.41, 5.74) is 9.36. The number of hydrogen-bond acceptors (Lipinski definition) is 5. The lowest BCUT2D eigenvalue weighted by Crippen LogP contribution is -2.02. The van der Waals surface area contributed by atoms with Crippen LogP contribution in [-0.4, -0.2) is 24.5 Å². The van der Waals surface area contributed by atoms with Crippen molar-refractivity contribution in [2.24, 2.45) is 0 Å². The molecule has 7 heteroatoms. The summed E-state index contributed by atoms with van der Waals surface area (Å²) in [6.07, 6.45) is 5.70. The van der Waals surface area contributed by atoms with Gasteiger partial charge in [-0.15, -0.1) is 24.0 Å². The molecule has 3 heterocycles. The molecule has 0 saturated heterocycles. The number of imidazole rings is 1. The highest BCUT2D eigenvalue weighted by Gasteiger charge is 2.15. The highest BCUT2D eigenvalue weighted by atomic mass is 127. The van der Waals surface area contributed by atoms with E-state index in [1.54, 1.807) is 18.6 Å². The van der Waals surface area contributed by atoms with Gasteiger partial charge in [-0.1, -0.05) is 31.0 Å². The van der Waals surface area contributed by atoms with Crippen LogP contribution in [0.1, 0.15) is 18.4 Å². The third-order valence-electron chi connectivity index (χ3n) is 4.02. The maximum Gasteiger partial charge on any atom is 0.152 e. The smallest absolute Gasteiger partial charge is 0.152 e. The van der Waals surface area contributed by atoms with Crippen molar-refractivity contribution in [2.75, 3.05) is 5.73 Å². The first-order chi connectivity index (χ1) is 12.3. The number of anilines is 1. The van der Waals surface area contributed by atoms with Crippen LogP contribution in [0.15, 0.2) is 42.9 Å². The van der Waals surface area contributed by atoms with Crippen LogP contribution in [0.3, 0.4) is 0 Å². The Hall–Kier alpha value is -2.73. The predicted octanol–water partition coefficient (Wildman–Crippen LogP) is 3.19. The van der Waals surface area contributed by atoms with Crippen molar-refractivity contribution >= 4 is 51.7 Å². The number of fused-ring (bicyclic) bond motifs is 3. The molecule has 1 aromatic carbocycles. The zero-order chi connectivity index (χ0) is 17.2. The number of aryl methyl sites for hydroxylation is 1. The molecule has 0 saturated carbocycles. The summed E-state index contributed by atoms with van der Waals surface area (Å²) in [6, 6.07) is 7.95. The molecule has 0 amide bonds. The highest BCUT2D eigenvalue weighted by Crippen LogP contribution is 2.28. The van der Waals surface area contributed by atoms with Gasteiger partial charge in [0.2, 0.25) is 0 Å². The fourth-order valence-electron chi connectivity index (χ4n) is 2.92. The number of nitrogen functional groups attached to an aromatic ring is 1. The van der Waals surface area contributed by atoms with Gasteiger partial charge in [0.15, 0.2) is 5.82 Å². The Morgan fingerprint density at radius 1 is 1.15 bits per heavy atom. The highest BCUT2D eigenvalue weighted by molar-refractivity contribution is 14.0. The number of hydrogen-bond donors (Lipinski definition) is 1. The Morgan fingerprint density at radius 3 is 2.77 bits per heavy atom. The van der Waals surface area contributed by atoms with Gasteiger partial charge in [-0.2, -0.15) is 0 Å². The summed E-state index contributed by atoms with van der Waals surface area (Å²) < 4.78 is 2.11. The predicted molar refractivity (Wildman–Crippen MR) is 113 cm³/mol. The minimum atomic E-state index is 0. The van der Waals surface area contributed by atoms with E-state index >= 15 is 0 Å². The van der Waals surface area contributed by atoms with E-state index in [9.17, 15) is 0 Å². The lowest BCUT2D eigenvalue weighted by Gasteiger charge is -2.06. The van der Waals surface area contributed by atoms with E-state index in [1.165, 1.54) is 0 Å². The molecule has 0 aliphatic carbocycles. The Kier molecular flexibility index (Phi) is 5.32. The van der Waals surface area contributed by atoms with Crippen molar-refractivity contribution in [1.29, 1.82) is 0 Å². The van der Waals surface area contributed by atoms with Crippen LogP contribution in [0.25, 0.3) is 21.9 Å². The zero-order valence-electron chi connectivity index (χ0n) is 14.2. The van der Waals surface area contributed by atoms with E-state index in [0.29, 0.717) is 18.1 Å². The van der Waals surface area contributed by atoms with Gasteiger partial charge in [0, 0.05) is 24.2 Å². The number of pyridine rings is 1. The molecular formula is C19H17IN6. The maximum absolute atomic E-state index is 6.14. The number of aromatic nitrogens is 5. The summed E-state index contributed by atoms with van der Waals surface area (Å²) in [5.74, 6) is 7.59. The SMILES string of the molecule is CCc1nc2c(N)nc3ccccc3c2n1CC#Cc1cnccn1.I. The third-order valence-corrected chi connectivity index (χ3v) is 4.02. The average molecular weight is 456 g/mol. The molecule has 0 unspecified atom stereocenters. The second-order valence-electron chi connectivity index (χ2n) is 5.57. The van der Waals surface area contributed by atoms with E-state index < -0.39 is 0 Å². The monoisotopic (exact) mass is 456 g/mol. The zero-order valence-corrected chi connectivity index (χ0v) is 16.5. The molecule has 0 radical (unpaired) electrons. The van der Waals surface area contributed by atoms with E-state index in [0.717, 1.165) is 34.2 Å². The topological polar surface area (TPSA) is 82.5 Å². The standard InChI is InChI=1S/C19H16N6.HI/c1-2-16-24-17-18(14-7-3-4-8-15(14)23-19(17)20)25(16)11-5-6-13-12-21-9-10-22-13;/h3-4,7-10,12H,2,11H2,1H3,(H2,20,23);1H. The van der Waals surface area contributed by atoms with Crippen LogP contribution in [-0.2, 0) is 13.0 Å². The number of rotatable bonds is 2. The van der Waals surface area contributed by atoms with Gasteiger partial charge in [0.1, 0.15) is 17.0 Å². The molecule has 4 rings (SSSR count). The van der Waals surface area contributed by atoms with E-state index in [2.05, 4.69) is 43.3 Å². The first kappa shape index (κ1) is 18.1. The average Bonchev–Trinajstić information content (AvgIpc) is 3.02. The van der Waals surface area contributed by atoms with Crippen LogP contribution >= 0.6 is 24.0 Å². The van der Waals surface area contributed by atoms with Gasteiger partial charge in [0.05, 0.1) is 23.8 Å². The van der Waals surface area contributed by atoms with Gasteiger partial charge in [0.25, 0.3) is 0 Å². The number of para-hydroxylation sites is 1. The van der Waals surface area contributed by atoms with Crippen LogP contribution in [0, 0.1) is 11.8 Å². The summed E-state index contributed by atoms with van der Waals surface area (Å²) in [5, 5.41) is 1.03. The molecule has 6 nitrogen and oxygen atoms in total. The molecule has 0 aliphatic heterocycles. The van der Waals surface area contributed by atoms with Gasteiger partial charge >= 0.3 is 0 Å². The molecule has 0 spiro atoms. The largest absolute Gasteiger partial charge is 0.382 e. The normalized spacial score (nSPS) is 10.3. The second kappa shape index (κ2) is 7.66. The summed E-state index contributed by atoms with van der Waals surface area (Å²) >= 11 is 0. The fourth-order valence-corrected chi connectivity index (χ4v) is 2.92.